The molecular weight excluding hydrogens is 172 g/mol. The third kappa shape index (κ3) is 2.44. The number of hydrogen-bond donors (Lipinski definition) is 1. The standard InChI is InChI=1S/C9H14O4/c1-2-3-4-6-5-7(8(10)11)13-9(6)12/h6-7H,2-5H2,1H3,(H,10,11). The van der Waals surface area contributed by atoms with Crippen LogP contribution in [-0.4, -0.2) is 23.1 Å². The van der Waals surface area contributed by atoms with Crippen molar-refractivity contribution >= 4 is 11.9 Å². The highest BCUT2D eigenvalue weighted by Gasteiger charge is 2.37. The lowest BCUT2D eigenvalue weighted by molar-refractivity contribution is -0.157. The zero-order valence-electron chi connectivity index (χ0n) is 7.66. The normalized spacial score (nSPS) is 27.3. The zero-order chi connectivity index (χ0) is 9.84. The fourth-order valence-corrected chi connectivity index (χ4v) is 1.48. The molecule has 0 aromatic carbocycles. The second-order valence-corrected chi connectivity index (χ2v) is 3.34. The fourth-order valence-electron chi connectivity index (χ4n) is 1.48. The van der Waals surface area contributed by atoms with Gasteiger partial charge in [-0.1, -0.05) is 19.8 Å². The molecule has 4 heteroatoms. The summed E-state index contributed by atoms with van der Waals surface area (Å²) in [7, 11) is 0. The Kier molecular flexibility index (Phi) is 3.28. The van der Waals surface area contributed by atoms with Gasteiger partial charge in [0.15, 0.2) is 6.10 Å². The summed E-state index contributed by atoms with van der Waals surface area (Å²) in [6, 6.07) is 0. The van der Waals surface area contributed by atoms with Gasteiger partial charge in [-0.2, -0.15) is 0 Å². The van der Waals surface area contributed by atoms with Gasteiger partial charge >= 0.3 is 11.9 Å². The van der Waals surface area contributed by atoms with Crippen molar-refractivity contribution in [1.29, 1.82) is 0 Å². The lowest BCUT2D eigenvalue weighted by Crippen LogP contribution is -2.18. The molecule has 74 valence electrons. The van der Waals surface area contributed by atoms with Crippen LogP contribution >= 0.6 is 0 Å². The van der Waals surface area contributed by atoms with Crippen molar-refractivity contribution in [2.45, 2.75) is 38.7 Å². The van der Waals surface area contributed by atoms with E-state index in [1.54, 1.807) is 0 Å². The van der Waals surface area contributed by atoms with Crippen molar-refractivity contribution in [2.24, 2.45) is 5.92 Å². The van der Waals surface area contributed by atoms with Crippen molar-refractivity contribution < 1.29 is 19.4 Å². The molecule has 0 amide bonds. The van der Waals surface area contributed by atoms with Crippen LogP contribution in [0.3, 0.4) is 0 Å². The molecule has 0 radical (unpaired) electrons. The lowest BCUT2D eigenvalue weighted by Gasteiger charge is -2.01. The summed E-state index contributed by atoms with van der Waals surface area (Å²) >= 11 is 0. The summed E-state index contributed by atoms with van der Waals surface area (Å²) in [6.07, 6.45) is 2.15. The fraction of sp³-hybridized carbons (Fsp3) is 0.778. The Bertz CT molecular complexity index is 212. The van der Waals surface area contributed by atoms with Gasteiger partial charge < -0.3 is 9.84 Å². The molecule has 0 aromatic heterocycles. The summed E-state index contributed by atoms with van der Waals surface area (Å²) in [5.74, 6) is -1.57. The summed E-state index contributed by atoms with van der Waals surface area (Å²) in [5, 5.41) is 8.60. The number of carboxylic acids is 1. The Balaban J connectivity index is 2.42. The predicted octanol–water partition coefficient (Wildman–Crippen LogP) is 1.19. The van der Waals surface area contributed by atoms with Crippen LogP contribution in [0.4, 0.5) is 0 Å². The Morgan fingerprint density at radius 1 is 1.69 bits per heavy atom. The summed E-state index contributed by atoms with van der Waals surface area (Å²) in [4.78, 5) is 21.6. The lowest BCUT2D eigenvalue weighted by atomic mass is 9.98. The van der Waals surface area contributed by atoms with Crippen LogP contribution in [-0.2, 0) is 14.3 Å². The zero-order valence-corrected chi connectivity index (χ0v) is 7.66. The molecule has 1 heterocycles. The van der Waals surface area contributed by atoms with E-state index in [1.165, 1.54) is 0 Å². The van der Waals surface area contributed by atoms with Crippen LogP contribution in [0.1, 0.15) is 32.6 Å². The second kappa shape index (κ2) is 4.25. The van der Waals surface area contributed by atoms with Gasteiger partial charge in [-0.05, 0) is 6.42 Å². The molecule has 1 saturated heterocycles. The number of esters is 1. The molecule has 0 bridgehead atoms. The number of rotatable bonds is 4. The van der Waals surface area contributed by atoms with Crippen molar-refractivity contribution in [1.82, 2.24) is 0 Å². The van der Waals surface area contributed by atoms with Crippen LogP contribution < -0.4 is 0 Å². The molecule has 0 saturated carbocycles. The molecule has 2 unspecified atom stereocenters. The van der Waals surface area contributed by atoms with Crippen LogP contribution in [0.2, 0.25) is 0 Å². The summed E-state index contributed by atoms with van der Waals surface area (Å²) in [5.41, 5.74) is 0. The first-order valence-electron chi connectivity index (χ1n) is 4.58. The Morgan fingerprint density at radius 2 is 2.38 bits per heavy atom. The average Bonchev–Trinajstić information content (AvgIpc) is 2.44. The van der Waals surface area contributed by atoms with E-state index in [0.717, 1.165) is 19.3 Å². The van der Waals surface area contributed by atoms with Gasteiger partial charge in [0.05, 0.1) is 5.92 Å². The van der Waals surface area contributed by atoms with Crippen LogP contribution in [0, 0.1) is 5.92 Å². The van der Waals surface area contributed by atoms with E-state index in [4.69, 9.17) is 9.84 Å². The number of carbonyl (C=O) groups excluding carboxylic acids is 1. The molecule has 1 rings (SSSR count). The number of unbranched alkanes of at least 4 members (excludes halogenated alkanes) is 1. The van der Waals surface area contributed by atoms with E-state index >= 15 is 0 Å². The highest BCUT2D eigenvalue weighted by atomic mass is 16.6. The third-order valence-electron chi connectivity index (χ3n) is 2.27. The number of carbonyl (C=O) groups is 2. The maximum atomic E-state index is 11.1. The van der Waals surface area contributed by atoms with Crippen molar-refractivity contribution in [3.05, 3.63) is 0 Å². The first kappa shape index (κ1) is 10.0. The number of aliphatic carboxylic acids is 1. The van der Waals surface area contributed by atoms with E-state index in [0.29, 0.717) is 6.42 Å². The average molecular weight is 186 g/mol. The predicted molar refractivity (Wildman–Crippen MR) is 45.1 cm³/mol. The van der Waals surface area contributed by atoms with E-state index in [-0.39, 0.29) is 11.9 Å². The van der Waals surface area contributed by atoms with Gasteiger partial charge in [0.1, 0.15) is 0 Å². The highest BCUT2D eigenvalue weighted by molar-refractivity contribution is 5.83. The second-order valence-electron chi connectivity index (χ2n) is 3.34. The van der Waals surface area contributed by atoms with E-state index < -0.39 is 12.1 Å². The topological polar surface area (TPSA) is 63.6 Å². The molecular formula is C9H14O4. The van der Waals surface area contributed by atoms with Crippen LogP contribution in [0.5, 0.6) is 0 Å². The molecule has 13 heavy (non-hydrogen) atoms. The third-order valence-corrected chi connectivity index (χ3v) is 2.27. The van der Waals surface area contributed by atoms with Crippen molar-refractivity contribution in [2.75, 3.05) is 0 Å². The molecule has 0 aliphatic carbocycles. The quantitative estimate of drug-likeness (QED) is 0.670. The van der Waals surface area contributed by atoms with E-state index in [2.05, 4.69) is 0 Å². The molecule has 1 aliphatic heterocycles. The first-order chi connectivity index (χ1) is 6.15. The minimum absolute atomic E-state index is 0.193. The Hall–Kier alpha value is -1.06. The highest BCUT2D eigenvalue weighted by Crippen LogP contribution is 2.25. The minimum Gasteiger partial charge on any atom is -0.479 e. The van der Waals surface area contributed by atoms with Gasteiger partial charge in [-0.3, -0.25) is 4.79 Å². The van der Waals surface area contributed by atoms with Gasteiger partial charge in [-0.15, -0.1) is 0 Å². The maximum Gasteiger partial charge on any atom is 0.345 e. The Morgan fingerprint density at radius 3 is 2.85 bits per heavy atom. The summed E-state index contributed by atoms with van der Waals surface area (Å²) < 4.78 is 4.69. The number of ether oxygens (including phenoxy) is 1. The molecule has 0 spiro atoms. The van der Waals surface area contributed by atoms with Gasteiger partial charge in [-0.25, -0.2) is 4.79 Å². The van der Waals surface area contributed by atoms with Crippen LogP contribution in [0.25, 0.3) is 0 Å². The molecule has 1 N–H and O–H groups in total. The molecule has 0 aromatic rings. The van der Waals surface area contributed by atoms with E-state index in [1.807, 2.05) is 6.92 Å². The number of cyclic esters (lactones) is 1. The van der Waals surface area contributed by atoms with Crippen molar-refractivity contribution in [3.8, 4) is 0 Å². The molecule has 4 nitrogen and oxygen atoms in total. The number of hydrogen-bond acceptors (Lipinski definition) is 3. The number of carboxylic acid groups (broad SMARTS) is 1. The van der Waals surface area contributed by atoms with Gasteiger partial charge in [0.2, 0.25) is 0 Å². The molecule has 1 fully saturated rings. The van der Waals surface area contributed by atoms with E-state index in [9.17, 15) is 9.59 Å². The van der Waals surface area contributed by atoms with Gasteiger partial charge in [0, 0.05) is 6.42 Å². The monoisotopic (exact) mass is 186 g/mol. The van der Waals surface area contributed by atoms with Crippen LogP contribution in [0.15, 0.2) is 0 Å². The largest absolute Gasteiger partial charge is 0.479 e. The maximum absolute atomic E-state index is 11.1. The summed E-state index contributed by atoms with van der Waals surface area (Å²) in [6.45, 7) is 2.04. The Labute approximate surface area is 76.9 Å². The first-order valence-corrected chi connectivity index (χ1v) is 4.58. The minimum atomic E-state index is -1.03. The smallest absolute Gasteiger partial charge is 0.345 e. The van der Waals surface area contributed by atoms with Crippen molar-refractivity contribution in [3.63, 3.8) is 0 Å². The SMILES string of the molecule is CCCCC1CC(C(=O)O)OC1=O. The molecule has 1 aliphatic rings. The van der Waals surface area contributed by atoms with Gasteiger partial charge in [0.25, 0.3) is 0 Å². The molecule has 2 atom stereocenters.